The molecule has 3 aliphatic rings. The summed E-state index contributed by atoms with van der Waals surface area (Å²) in [6.45, 7) is 0. The molecule has 5 atom stereocenters. The third kappa shape index (κ3) is 1.46. The molecule has 5 unspecified atom stereocenters. The van der Waals surface area contributed by atoms with Crippen molar-refractivity contribution in [3.63, 3.8) is 0 Å². The molecule has 1 N–H and O–H groups in total. The van der Waals surface area contributed by atoms with Gasteiger partial charge in [-0.3, -0.25) is 4.98 Å². The minimum absolute atomic E-state index is 0.127. The zero-order chi connectivity index (χ0) is 11.4. The number of rotatable bonds is 3. The van der Waals surface area contributed by atoms with E-state index >= 15 is 0 Å². The molecule has 3 aliphatic carbocycles. The van der Waals surface area contributed by atoms with Crippen LogP contribution in [-0.2, 0) is 6.42 Å². The third-order valence-electron chi connectivity index (χ3n) is 5.41. The smallest absolute Gasteiger partial charge is 0.0614 e. The van der Waals surface area contributed by atoms with Gasteiger partial charge in [-0.15, -0.1) is 0 Å². The highest BCUT2D eigenvalue weighted by molar-refractivity contribution is 5.17. The molecule has 3 saturated carbocycles. The van der Waals surface area contributed by atoms with Crippen molar-refractivity contribution in [2.75, 3.05) is 0 Å². The molecule has 90 valence electrons. The Morgan fingerprint density at radius 1 is 1.29 bits per heavy atom. The van der Waals surface area contributed by atoms with Gasteiger partial charge in [0, 0.05) is 18.8 Å². The number of nitrogens with zero attached hydrogens (tertiary/aromatic N) is 1. The molecule has 3 fully saturated rings. The molecule has 2 bridgehead atoms. The van der Waals surface area contributed by atoms with Crippen LogP contribution >= 0.6 is 0 Å². The monoisotopic (exact) mass is 229 g/mol. The highest BCUT2D eigenvalue weighted by atomic mass is 16.3. The zero-order valence-electron chi connectivity index (χ0n) is 10.00. The fourth-order valence-electron chi connectivity index (χ4n) is 4.80. The Morgan fingerprint density at radius 3 is 2.71 bits per heavy atom. The molecule has 0 spiro atoms. The van der Waals surface area contributed by atoms with Gasteiger partial charge in [-0.25, -0.2) is 0 Å². The van der Waals surface area contributed by atoms with E-state index in [1.165, 1.54) is 24.8 Å². The number of fused-ring (bicyclic) bond motifs is 5. The molecular formula is C15H19NO. The average Bonchev–Trinajstić information content (AvgIpc) is 2.80. The van der Waals surface area contributed by atoms with Crippen molar-refractivity contribution >= 4 is 0 Å². The lowest BCUT2D eigenvalue weighted by molar-refractivity contribution is 0.128. The summed E-state index contributed by atoms with van der Waals surface area (Å²) in [5, 5.41) is 10.4. The van der Waals surface area contributed by atoms with E-state index in [-0.39, 0.29) is 6.10 Å². The summed E-state index contributed by atoms with van der Waals surface area (Å²) in [5.74, 6) is 4.28. The minimum atomic E-state index is -0.127. The Balaban J connectivity index is 1.44. The number of pyridine rings is 1. The van der Waals surface area contributed by atoms with Crippen molar-refractivity contribution in [1.29, 1.82) is 0 Å². The first-order valence-electron chi connectivity index (χ1n) is 6.91. The molecule has 1 aromatic heterocycles. The molecule has 1 aromatic rings. The first-order chi connectivity index (χ1) is 8.34. The topological polar surface area (TPSA) is 33.1 Å². The second kappa shape index (κ2) is 3.55. The van der Waals surface area contributed by atoms with Crippen molar-refractivity contribution in [1.82, 2.24) is 4.98 Å². The first-order valence-corrected chi connectivity index (χ1v) is 6.91. The highest BCUT2D eigenvalue weighted by Gasteiger charge is 2.66. The summed E-state index contributed by atoms with van der Waals surface area (Å²) in [6, 6.07) is 4.03. The molecular weight excluding hydrogens is 210 g/mol. The van der Waals surface area contributed by atoms with Crippen LogP contribution in [0.25, 0.3) is 0 Å². The number of hydrogen-bond donors (Lipinski definition) is 1. The number of hydrogen-bond acceptors (Lipinski definition) is 2. The van der Waals surface area contributed by atoms with Gasteiger partial charge in [0.15, 0.2) is 0 Å². The Kier molecular flexibility index (Phi) is 2.10. The molecule has 4 rings (SSSR count). The zero-order valence-corrected chi connectivity index (χ0v) is 10.00. The van der Waals surface area contributed by atoms with Crippen LogP contribution < -0.4 is 0 Å². The molecule has 17 heavy (non-hydrogen) atoms. The highest BCUT2D eigenvalue weighted by Crippen LogP contribution is 2.70. The van der Waals surface area contributed by atoms with E-state index in [2.05, 4.69) is 11.1 Å². The molecule has 1 heterocycles. The van der Waals surface area contributed by atoms with Crippen LogP contribution in [0.3, 0.4) is 0 Å². The van der Waals surface area contributed by atoms with Gasteiger partial charge in [0.25, 0.3) is 0 Å². The normalized spacial score (nSPS) is 43.5. The molecule has 0 aromatic carbocycles. The Hall–Kier alpha value is -0.890. The molecule has 0 saturated heterocycles. The molecule has 2 nitrogen and oxygen atoms in total. The molecule has 0 radical (unpaired) electrons. The summed E-state index contributed by atoms with van der Waals surface area (Å²) < 4.78 is 0. The summed E-state index contributed by atoms with van der Waals surface area (Å²) in [4.78, 5) is 4.12. The van der Waals surface area contributed by atoms with Crippen LogP contribution in [-0.4, -0.2) is 16.2 Å². The summed E-state index contributed by atoms with van der Waals surface area (Å²) in [6.07, 6.45) is 8.68. The molecule has 0 amide bonds. The van der Waals surface area contributed by atoms with Gasteiger partial charge < -0.3 is 5.11 Å². The van der Waals surface area contributed by atoms with Crippen molar-refractivity contribution in [3.8, 4) is 0 Å². The minimum Gasteiger partial charge on any atom is -0.392 e. The van der Waals surface area contributed by atoms with E-state index in [9.17, 15) is 5.11 Å². The van der Waals surface area contributed by atoms with Crippen LogP contribution in [0, 0.1) is 29.6 Å². The van der Waals surface area contributed by atoms with E-state index in [4.69, 9.17) is 0 Å². The average molecular weight is 229 g/mol. The van der Waals surface area contributed by atoms with Crippen molar-refractivity contribution < 1.29 is 5.11 Å². The van der Waals surface area contributed by atoms with Crippen LogP contribution in [0.1, 0.15) is 24.8 Å². The predicted octanol–water partition coefficient (Wildman–Crippen LogP) is 2.28. The van der Waals surface area contributed by atoms with Gasteiger partial charge in [0.1, 0.15) is 0 Å². The Labute approximate surface area is 102 Å². The van der Waals surface area contributed by atoms with E-state index in [0.717, 1.165) is 30.1 Å². The Morgan fingerprint density at radius 2 is 2.06 bits per heavy atom. The fraction of sp³-hybridized carbons (Fsp3) is 0.667. The van der Waals surface area contributed by atoms with Gasteiger partial charge in [-0.1, -0.05) is 6.07 Å². The molecule has 0 aliphatic heterocycles. The summed E-state index contributed by atoms with van der Waals surface area (Å²) in [5.41, 5.74) is 1.18. The van der Waals surface area contributed by atoms with Crippen LogP contribution in [0.15, 0.2) is 24.5 Å². The van der Waals surface area contributed by atoms with Gasteiger partial charge in [0.05, 0.1) is 6.10 Å². The standard InChI is InChI=1S/C15H19NO/c17-12(6-9-2-1-5-16-8-9)15-13-10-3-4-11(7-10)14(13)15/h1-2,5,8,10-15,17H,3-4,6-7H2. The quantitative estimate of drug-likeness (QED) is 0.862. The maximum atomic E-state index is 10.4. The second-order valence-electron chi connectivity index (χ2n) is 6.20. The lowest BCUT2D eigenvalue weighted by Crippen LogP contribution is -2.18. The number of aliphatic hydroxyl groups excluding tert-OH is 1. The maximum absolute atomic E-state index is 10.4. The lowest BCUT2D eigenvalue weighted by Gasteiger charge is -2.14. The van der Waals surface area contributed by atoms with Gasteiger partial charge >= 0.3 is 0 Å². The van der Waals surface area contributed by atoms with E-state index in [1.54, 1.807) is 6.20 Å². The largest absolute Gasteiger partial charge is 0.392 e. The maximum Gasteiger partial charge on any atom is 0.0614 e. The van der Waals surface area contributed by atoms with Crippen LogP contribution in [0.2, 0.25) is 0 Å². The summed E-state index contributed by atoms with van der Waals surface area (Å²) in [7, 11) is 0. The van der Waals surface area contributed by atoms with Crippen molar-refractivity contribution in [2.45, 2.75) is 31.8 Å². The third-order valence-corrected chi connectivity index (χ3v) is 5.41. The second-order valence-corrected chi connectivity index (χ2v) is 6.20. The van der Waals surface area contributed by atoms with Crippen LogP contribution in [0.4, 0.5) is 0 Å². The fourth-order valence-corrected chi connectivity index (χ4v) is 4.80. The van der Waals surface area contributed by atoms with E-state index in [1.807, 2.05) is 12.3 Å². The van der Waals surface area contributed by atoms with E-state index < -0.39 is 0 Å². The summed E-state index contributed by atoms with van der Waals surface area (Å²) >= 11 is 0. The van der Waals surface area contributed by atoms with Gasteiger partial charge in [0.2, 0.25) is 0 Å². The molecule has 2 heteroatoms. The number of aromatic nitrogens is 1. The van der Waals surface area contributed by atoms with Crippen molar-refractivity contribution in [2.24, 2.45) is 29.6 Å². The first kappa shape index (κ1) is 10.1. The Bertz CT molecular complexity index is 402. The van der Waals surface area contributed by atoms with Crippen LogP contribution in [0.5, 0.6) is 0 Å². The van der Waals surface area contributed by atoms with Gasteiger partial charge in [-0.05, 0) is 60.5 Å². The van der Waals surface area contributed by atoms with Crippen molar-refractivity contribution in [3.05, 3.63) is 30.1 Å². The van der Waals surface area contributed by atoms with E-state index in [0.29, 0.717) is 5.92 Å². The predicted molar refractivity (Wildman–Crippen MR) is 65.2 cm³/mol. The number of aliphatic hydroxyl groups is 1. The van der Waals surface area contributed by atoms with Gasteiger partial charge in [-0.2, -0.15) is 0 Å². The SMILES string of the molecule is OC(Cc1cccnc1)C1C2C3CCC(C3)C12. The lowest BCUT2D eigenvalue weighted by atomic mass is 9.96.